The lowest BCUT2D eigenvalue weighted by Crippen LogP contribution is -2.08. The van der Waals surface area contributed by atoms with E-state index in [1.54, 1.807) is 36.4 Å². The molecule has 0 bridgehead atoms. The Morgan fingerprint density at radius 3 is 2.88 bits per heavy atom. The van der Waals surface area contributed by atoms with Crippen LogP contribution in [-0.2, 0) is 13.5 Å². The van der Waals surface area contributed by atoms with E-state index in [0.29, 0.717) is 10.7 Å². The molecule has 0 fully saturated rings. The van der Waals surface area contributed by atoms with Gasteiger partial charge in [-0.05, 0) is 11.6 Å². The molecule has 16 heavy (non-hydrogen) atoms. The highest BCUT2D eigenvalue weighted by Gasteiger charge is 2.12. The van der Waals surface area contributed by atoms with Crippen LogP contribution in [0.1, 0.15) is 16.1 Å². The van der Waals surface area contributed by atoms with Gasteiger partial charge in [0.25, 0.3) is 0 Å². The largest absolute Gasteiger partial charge is 0.331 e. The molecule has 0 saturated carbocycles. The van der Waals surface area contributed by atoms with Gasteiger partial charge >= 0.3 is 0 Å². The second-order valence-electron chi connectivity index (χ2n) is 3.46. The minimum absolute atomic E-state index is 0.00639. The zero-order chi connectivity index (χ0) is 11.5. The predicted molar refractivity (Wildman–Crippen MR) is 60.5 cm³/mol. The fraction of sp³-hybridized carbons (Fsp3) is 0.182. The SMILES string of the molecule is Cn1cncc1C(=O)Cc1ccncc1Cl. The van der Waals surface area contributed by atoms with Gasteiger partial charge in [0, 0.05) is 25.9 Å². The van der Waals surface area contributed by atoms with Crippen molar-refractivity contribution in [1.82, 2.24) is 14.5 Å². The third-order valence-corrected chi connectivity index (χ3v) is 2.65. The standard InChI is InChI=1S/C11H10ClN3O/c1-15-7-14-6-10(15)11(16)4-8-2-3-13-5-9(8)12/h2-3,5-7H,4H2,1H3. The van der Waals surface area contributed by atoms with Crippen LogP contribution >= 0.6 is 11.6 Å². The maximum absolute atomic E-state index is 11.9. The Labute approximate surface area is 97.9 Å². The molecule has 5 heteroatoms. The summed E-state index contributed by atoms with van der Waals surface area (Å²) in [6.07, 6.45) is 6.57. The third kappa shape index (κ3) is 2.12. The van der Waals surface area contributed by atoms with E-state index in [1.165, 1.54) is 6.20 Å². The molecule has 0 radical (unpaired) electrons. The fourth-order valence-electron chi connectivity index (χ4n) is 1.44. The number of aromatic nitrogens is 3. The van der Waals surface area contributed by atoms with Crippen LogP contribution in [-0.4, -0.2) is 20.3 Å². The molecule has 0 amide bonds. The number of carbonyl (C=O) groups excluding carboxylic acids is 1. The number of hydrogen-bond acceptors (Lipinski definition) is 3. The second-order valence-corrected chi connectivity index (χ2v) is 3.86. The molecule has 0 spiro atoms. The summed E-state index contributed by atoms with van der Waals surface area (Å²) in [5.74, 6) is -0.00639. The van der Waals surface area contributed by atoms with Gasteiger partial charge in [0.15, 0.2) is 5.78 Å². The third-order valence-electron chi connectivity index (χ3n) is 2.31. The quantitative estimate of drug-likeness (QED) is 0.764. The van der Waals surface area contributed by atoms with Crippen LogP contribution in [0.25, 0.3) is 0 Å². The lowest BCUT2D eigenvalue weighted by molar-refractivity contribution is 0.0985. The van der Waals surface area contributed by atoms with Gasteiger partial charge in [-0.2, -0.15) is 0 Å². The molecule has 0 unspecified atom stereocenters. The van der Waals surface area contributed by atoms with Crippen LogP contribution in [0.15, 0.2) is 31.0 Å². The average molecular weight is 236 g/mol. The monoisotopic (exact) mass is 235 g/mol. The first-order chi connectivity index (χ1) is 7.68. The number of aryl methyl sites for hydroxylation is 1. The summed E-state index contributed by atoms with van der Waals surface area (Å²) >= 11 is 5.93. The van der Waals surface area contributed by atoms with Crippen molar-refractivity contribution in [1.29, 1.82) is 0 Å². The number of Topliss-reactive ketones (excluding diaryl/α,β-unsaturated/α-hetero) is 1. The maximum atomic E-state index is 11.9. The van der Waals surface area contributed by atoms with Gasteiger partial charge in [0.1, 0.15) is 5.69 Å². The topological polar surface area (TPSA) is 47.8 Å². The van der Waals surface area contributed by atoms with Gasteiger partial charge in [-0.3, -0.25) is 9.78 Å². The van der Waals surface area contributed by atoms with Crippen LogP contribution in [0, 0.1) is 0 Å². The van der Waals surface area contributed by atoms with Crippen LogP contribution in [0.5, 0.6) is 0 Å². The summed E-state index contributed by atoms with van der Waals surface area (Å²) in [5.41, 5.74) is 1.36. The molecule has 4 nitrogen and oxygen atoms in total. The van der Waals surface area contributed by atoms with Gasteiger partial charge in [0.05, 0.1) is 17.5 Å². The van der Waals surface area contributed by atoms with E-state index in [9.17, 15) is 4.79 Å². The Kier molecular flexibility index (Phi) is 3.01. The molecule has 0 aliphatic carbocycles. The number of hydrogen-bond donors (Lipinski definition) is 0. The summed E-state index contributed by atoms with van der Waals surface area (Å²) in [5, 5.41) is 0.512. The van der Waals surface area contributed by atoms with Crippen molar-refractivity contribution in [2.75, 3.05) is 0 Å². The minimum Gasteiger partial charge on any atom is -0.331 e. The molecule has 0 aliphatic rings. The van der Waals surface area contributed by atoms with Crippen molar-refractivity contribution >= 4 is 17.4 Å². The summed E-state index contributed by atoms with van der Waals surface area (Å²) in [6.45, 7) is 0. The minimum atomic E-state index is -0.00639. The van der Waals surface area contributed by atoms with E-state index in [-0.39, 0.29) is 12.2 Å². The fourth-order valence-corrected chi connectivity index (χ4v) is 1.62. The molecule has 0 saturated heterocycles. The summed E-state index contributed by atoms with van der Waals surface area (Å²) < 4.78 is 1.69. The predicted octanol–water partition coefficient (Wildman–Crippen LogP) is 1.89. The highest BCUT2D eigenvalue weighted by atomic mass is 35.5. The van der Waals surface area contributed by atoms with Crippen LogP contribution < -0.4 is 0 Å². The number of halogens is 1. The normalized spacial score (nSPS) is 10.4. The summed E-state index contributed by atoms with van der Waals surface area (Å²) in [6, 6.07) is 1.75. The van der Waals surface area contributed by atoms with Crippen molar-refractivity contribution in [3.8, 4) is 0 Å². The van der Waals surface area contributed by atoms with Crippen molar-refractivity contribution in [2.24, 2.45) is 7.05 Å². The van der Waals surface area contributed by atoms with Gasteiger partial charge in [-0.25, -0.2) is 4.98 Å². The Morgan fingerprint density at radius 2 is 2.25 bits per heavy atom. The van der Waals surface area contributed by atoms with Crippen molar-refractivity contribution < 1.29 is 4.79 Å². The smallest absolute Gasteiger partial charge is 0.185 e. The van der Waals surface area contributed by atoms with Gasteiger partial charge in [-0.1, -0.05) is 11.6 Å². The van der Waals surface area contributed by atoms with Crippen molar-refractivity contribution in [2.45, 2.75) is 6.42 Å². The lowest BCUT2D eigenvalue weighted by atomic mass is 10.1. The highest BCUT2D eigenvalue weighted by Crippen LogP contribution is 2.15. The Hall–Kier alpha value is -1.68. The second kappa shape index (κ2) is 4.45. The molecular formula is C11H10ClN3O. The molecule has 0 aromatic carbocycles. The van der Waals surface area contributed by atoms with Crippen molar-refractivity contribution in [3.63, 3.8) is 0 Å². The molecule has 0 atom stereocenters. The number of carbonyl (C=O) groups is 1. The first-order valence-electron chi connectivity index (χ1n) is 4.76. The number of imidazole rings is 1. The van der Waals surface area contributed by atoms with E-state index in [1.807, 2.05) is 0 Å². The first kappa shape index (κ1) is 10.8. The number of nitrogens with zero attached hydrogens (tertiary/aromatic N) is 3. The zero-order valence-electron chi connectivity index (χ0n) is 8.72. The first-order valence-corrected chi connectivity index (χ1v) is 5.14. The Balaban J connectivity index is 2.21. The van der Waals surface area contributed by atoms with E-state index in [4.69, 9.17) is 11.6 Å². The van der Waals surface area contributed by atoms with Crippen molar-refractivity contribution in [3.05, 3.63) is 47.3 Å². The molecule has 82 valence electrons. The van der Waals surface area contributed by atoms with Gasteiger partial charge in [0.2, 0.25) is 0 Å². The van der Waals surface area contributed by atoms with Crippen LogP contribution in [0.4, 0.5) is 0 Å². The molecule has 2 aromatic heterocycles. The van der Waals surface area contributed by atoms with Gasteiger partial charge in [-0.15, -0.1) is 0 Å². The Morgan fingerprint density at radius 1 is 1.44 bits per heavy atom. The van der Waals surface area contributed by atoms with E-state index < -0.39 is 0 Å². The molecule has 0 N–H and O–H groups in total. The highest BCUT2D eigenvalue weighted by molar-refractivity contribution is 6.31. The number of ketones is 1. The van der Waals surface area contributed by atoms with Crippen LogP contribution in [0.3, 0.4) is 0 Å². The van der Waals surface area contributed by atoms with Gasteiger partial charge < -0.3 is 4.57 Å². The number of pyridine rings is 1. The number of rotatable bonds is 3. The summed E-state index contributed by atoms with van der Waals surface area (Å²) in [4.78, 5) is 19.7. The molecule has 2 heterocycles. The maximum Gasteiger partial charge on any atom is 0.185 e. The van der Waals surface area contributed by atoms with Crippen LogP contribution in [0.2, 0.25) is 5.02 Å². The lowest BCUT2D eigenvalue weighted by Gasteiger charge is -2.03. The molecular weight excluding hydrogens is 226 g/mol. The summed E-state index contributed by atoms with van der Waals surface area (Å²) in [7, 11) is 1.79. The van der Waals surface area contributed by atoms with E-state index in [0.717, 1.165) is 5.56 Å². The molecule has 0 aliphatic heterocycles. The Bertz CT molecular complexity index is 521. The zero-order valence-corrected chi connectivity index (χ0v) is 9.48. The van der Waals surface area contributed by atoms with E-state index >= 15 is 0 Å². The molecule has 2 aromatic rings. The average Bonchev–Trinajstić information content (AvgIpc) is 2.68. The molecule has 2 rings (SSSR count). The van der Waals surface area contributed by atoms with E-state index in [2.05, 4.69) is 9.97 Å².